The predicted octanol–water partition coefficient (Wildman–Crippen LogP) is 5.71. The van der Waals surface area contributed by atoms with Crippen molar-refractivity contribution in [3.05, 3.63) is 0 Å². The van der Waals surface area contributed by atoms with Gasteiger partial charge in [0.25, 0.3) is 0 Å². The van der Waals surface area contributed by atoms with Gasteiger partial charge < -0.3 is 5.11 Å². The van der Waals surface area contributed by atoms with E-state index in [1.165, 1.54) is 89.9 Å². The Morgan fingerprint density at radius 3 is 2.00 bits per heavy atom. The Morgan fingerprint density at radius 2 is 1.42 bits per heavy atom. The summed E-state index contributed by atoms with van der Waals surface area (Å²) < 4.78 is 0. The van der Waals surface area contributed by atoms with Gasteiger partial charge in [-0.25, -0.2) is 0 Å². The smallest absolute Gasteiger partial charge is 0.0461 e. The summed E-state index contributed by atoms with van der Waals surface area (Å²) in [5, 5.41) is 9.58. The lowest BCUT2D eigenvalue weighted by atomic mass is 9.78. The highest BCUT2D eigenvalue weighted by Crippen LogP contribution is 2.32. The van der Waals surface area contributed by atoms with Crippen LogP contribution in [0, 0.1) is 11.8 Å². The van der Waals surface area contributed by atoms with Crippen molar-refractivity contribution in [2.75, 3.05) is 6.61 Å². The lowest BCUT2D eigenvalue weighted by Crippen LogP contribution is -2.21. The maximum atomic E-state index is 9.58. The van der Waals surface area contributed by atoms with Crippen LogP contribution in [-0.4, -0.2) is 11.7 Å². The minimum Gasteiger partial charge on any atom is -0.396 e. The molecule has 0 bridgehead atoms. The van der Waals surface area contributed by atoms with E-state index in [9.17, 15) is 5.11 Å². The van der Waals surface area contributed by atoms with Crippen molar-refractivity contribution >= 4 is 0 Å². The highest BCUT2D eigenvalue weighted by atomic mass is 16.3. The molecule has 1 unspecified atom stereocenters. The minimum atomic E-state index is 0.432. The van der Waals surface area contributed by atoms with Crippen molar-refractivity contribution in [3.8, 4) is 0 Å². The van der Waals surface area contributed by atoms with E-state index in [1.54, 1.807) is 0 Å². The highest BCUT2D eigenvalue weighted by molar-refractivity contribution is 4.73. The number of rotatable bonds is 11. The first-order valence-electron chi connectivity index (χ1n) is 8.99. The molecule has 1 atom stereocenters. The standard InChI is InChI=1S/C18H36O/c1-2-3-4-5-6-7-8-10-15-18(16-19)17-13-11-9-12-14-17/h17-19H,2-16H2,1H3. The van der Waals surface area contributed by atoms with Gasteiger partial charge in [-0.15, -0.1) is 0 Å². The molecule has 1 saturated carbocycles. The first kappa shape index (κ1) is 17.0. The quantitative estimate of drug-likeness (QED) is 0.476. The fourth-order valence-corrected chi connectivity index (χ4v) is 3.62. The zero-order valence-corrected chi connectivity index (χ0v) is 13.2. The molecule has 0 saturated heterocycles. The lowest BCUT2D eigenvalue weighted by Gasteiger charge is -2.29. The molecule has 0 aliphatic heterocycles. The van der Waals surface area contributed by atoms with Crippen LogP contribution >= 0.6 is 0 Å². The Hall–Kier alpha value is -0.0400. The second kappa shape index (κ2) is 11.8. The zero-order valence-electron chi connectivity index (χ0n) is 13.2. The van der Waals surface area contributed by atoms with E-state index < -0.39 is 0 Å². The van der Waals surface area contributed by atoms with Crippen LogP contribution < -0.4 is 0 Å². The van der Waals surface area contributed by atoms with Gasteiger partial charge >= 0.3 is 0 Å². The predicted molar refractivity (Wildman–Crippen MR) is 84.4 cm³/mol. The van der Waals surface area contributed by atoms with Crippen LogP contribution in [0.1, 0.15) is 96.8 Å². The Labute approximate surface area is 121 Å². The molecule has 1 rings (SSSR count). The SMILES string of the molecule is CCCCCCCCCCC(CO)C1CCCCC1. The van der Waals surface area contributed by atoms with Crippen LogP contribution in [0.25, 0.3) is 0 Å². The van der Waals surface area contributed by atoms with Gasteiger partial charge in [0.2, 0.25) is 0 Å². The van der Waals surface area contributed by atoms with Gasteiger partial charge in [0.1, 0.15) is 0 Å². The largest absolute Gasteiger partial charge is 0.396 e. The third-order valence-corrected chi connectivity index (χ3v) is 4.98. The fourth-order valence-electron chi connectivity index (χ4n) is 3.62. The number of aliphatic hydroxyl groups excluding tert-OH is 1. The Bertz CT molecular complexity index is 184. The van der Waals surface area contributed by atoms with Gasteiger partial charge in [-0.2, -0.15) is 0 Å². The highest BCUT2D eigenvalue weighted by Gasteiger charge is 2.22. The summed E-state index contributed by atoms with van der Waals surface area (Å²) in [5.41, 5.74) is 0. The van der Waals surface area contributed by atoms with Gasteiger partial charge in [-0.05, 0) is 18.3 Å². The Balaban J connectivity index is 1.96. The first-order valence-corrected chi connectivity index (χ1v) is 8.99. The monoisotopic (exact) mass is 268 g/mol. The zero-order chi connectivity index (χ0) is 13.8. The van der Waals surface area contributed by atoms with Crippen LogP contribution in [0.3, 0.4) is 0 Å². The summed E-state index contributed by atoms with van der Waals surface area (Å²) in [7, 11) is 0. The molecule has 0 radical (unpaired) electrons. The Morgan fingerprint density at radius 1 is 0.842 bits per heavy atom. The van der Waals surface area contributed by atoms with E-state index >= 15 is 0 Å². The number of aliphatic hydroxyl groups is 1. The maximum absolute atomic E-state index is 9.58. The lowest BCUT2D eigenvalue weighted by molar-refractivity contribution is 0.137. The molecular weight excluding hydrogens is 232 g/mol. The molecule has 114 valence electrons. The topological polar surface area (TPSA) is 20.2 Å². The third-order valence-electron chi connectivity index (χ3n) is 4.98. The average molecular weight is 268 g/mol. The van der Waals surface area contributed by atoms with Crippen molar-refractivity contribution in [3.63, 3.8) is 0 Å². The molecule has 0 spiro atoms. The van der Waals surface area contributed by atoms with Gasteiger partial charge in [0.05, 0.1) is 0 Å². The van der Waals surface area contributed by atoms with Crippen molar-refractivity contribution in [2.45, 2.75) is 96.8 Å². The van der Waals surface area contributed by atoms with E-state index in [2.05, 4.69) is 6.92 Å². The number of hydrogen-bond acceptors (Lipinski definition) is 1. The molecule has 0 aromatic rings. The second-order valence-electron chi connectivity index (χ2n) is 6.60. The van der Waals surface area contributed by atoms with Crippen molar-refractivity contribution < 1.29 is 5.11 Å². The molecule has 0 aromatic heterocycles. The molecule has 0 aromatic carbocycles. The summed E-state index contributed by atoms with van der Waals surface area (Å²) in [5.74, 6) is 1.45. The summed E-state index contributed by atoms with van der Waals surface area (Å²) in [6.07, 6.45) is 19.4. The van der Waals surface area contributed by atoms with Crippen LogP contribution in [0.15, 0.2) is 0 Å². The number of hydrogen-bond donors (Lipinski definition) is 1. The molecule has 1 aliphatic rings. The van der Waals surface area contributed by atoms with Gasteiger partial charge in [-0.1, -0.05) is 90.4 Å². The van der Waals surface area contributed by atoms with Crippen LogP contribution in [0.5, 0.6) is 0 Å². The van der Waals surface area contributed by atoms with E-state index in [0.717, 1.165) is 5.92 Å². The molecule has 1 nitrogen and oxygen atoms in total. The first-order chi connectivity index (χ1) is 9.38. The van der Waals surface area contributed by atoms with E-state index in [4.69, 9.17) is 0 Å². The van der Waals surface area contributed by atoms with E-state index in [-0.39, 0.29) is 0 Å². The van der Waals surface area contributed by atoms with Crippen LogP contribution in [-0.2, 0) is 0 Å². The molecule has 1 N–H and O–H groups in total. The summed E-state index contributed by atoms with van der Waals surface area (Å²) in [4.78, 5) is 0. The maximum Gasteiger partial charge on any atom is 0.0461 e. The summed E-state index contributed by atoms with van der Waals surface area (Å²) in [6, 6.07) is 0. The summed E-state index contributed by atoms with van der Waals surface area (Å²) >= 11 is 0. The van der Waals surface area contributed by atoms with Gasteiger partial charge in [0.15, 0.2) is 0 Å². The fraction of sp³-hybridized carbons (Fsp3) is 1.00. The minimum absolute atomic E-state index is 0.432. The molecule has 19 heavy (non-hydrogen) atoms. The van der Waals surface area contributed by atoms with Crippen molar-refractivity contribution in [1.29, 1.82) is 0 Å². The second-order valence-corrected chi connectivity index (χ2v) is 6.60. The third kappa shape index (κ3) is 7.97. The number of unbranched alkanes of at least 4 members (excludes halogenated alkanes) is 7. The molecule has 0 heterocycles. The molecular formula is C18H36O. The van der Waals surface area contributed by atoms with Crippen molar-refractivity contribution in [1.82, 2.24) is 0 Å². The van der Waals surface area contributed by atoms with Gasteiger partial charge in [-0.3, -0.25) is 0 Å². The Kier molecular flexibility index (Phi) is 10.5. The van der Waals surface area contributed by atoms with E-state index in [1.807, 2.05) is 0 Å². The van der Waals surface area contributed by atoms with Gasteiger partial charge in [0, 0.05) is 6.61 Å². The van der Waals surface area contributed by atoms with Crippen LogP contribution in [0.2, 0.25) is 0 Å². The van der Waals surface area contributed by atoms with E-state index in [0.29, 0.717) is 12.5 Å². The molecule has 0 amide bonds. The molecule has 1 fully saturated rings. The average Bonchev–Trinajstić information content (AvgIpc) is 2.47. The molecule has 1 heteroatoms. The van der Waals surface area contributed by atoms with Crippen molar-refractivity contribution in [2.24, 2.45) is 11.8 Å². The van der Waals surface area contributed by atoms with Crippen LogP contribution in [0.4, 0.5) is 0 Å². The molecule has 1 aliphatic carbocycles. The normalized spacial score (nSPS) is 18.6. The summed E-state index contributed by atoms with van der Waals surface area (Å²) in [6.45, 7) is 2.71.